The Morgan fingerprint density at radius 1 is 1.25 bits per heavy atom. The summed E-state index contributed by atoms with van der Waals surface area (Å²) in [6.45, 7) is 0.0949. The highest BCUT2D eigenvalue weighted by molar-refractivity contribution is 5.98. The second kappa shape index (κ2) is 7.79. The molecule has 3 N–H and O–H groups in total. The van der Waals surface area contributed by atoms with Crippen molar-refractivity contribution in [3.8, 4) is 0 Å². The first-order chi connectivity index (χ1) is 11.7. The van der Waals surface area contributed by atoms with Crippen LogP contribution in [-0.4, -0.2) is 29.6 Å². The number of carbonyl (C=O) groups excluding carboxylic acids is 2. The van der Waals surface area contributed by atoms with Crippen molar-refractivity contribution in [3.05, 3.63) is 29.3 Å². The average molecular weight is 330 g/mol. The van der Waals surface area contributed by atoms with Gasteiger partial charge in [-0.3, -0.25) is 9.59 Å². The maximum Gasteiger partial charge on any atom is 0.251 e. The highest BCUT2D eigenvalue weighted by Crippen LogP contribution is 2.28. The van der Waals surface area contributed by atoms with Gasteiger partial charge < -0.3 is 15.7 Å². The number of aliphatic hydroxyl groups excluding tert-OH is 1. The van der Waals surface area contributed by atoms with E-state index in [0.717, 1.165) is 24.1 Å². The van der Waals surface area contributed by atoms with E-state index in [1.165, 1.54) is 19.3 Å². The molecule has 1 atom stereocenters. The fourth-order valence-electron chi connectivity index (χ4n) is 3.88. The van der Waals surface area contributed by atoms with E-state index >= 15 is 0 Å². The third-order valence-electron chi connectivity index (χ3n) is 5.24. The minimum absolute atomic E-state index is 0.0278. The third kappa shape index (κ3) is 3.96. The SMILES string of the molecule is O=C1CCc2cc(C(=O)NC(CCO)C3CCCCC3)ccc2N1. The predicted molar refractivity (Wildman–Crippen MR) is 92.9 cm³/mol. The Bertz CT molecular complexity index is 609. The van der Waals surface area contributed by atoms with Gasteiger partial charge in [-0.25, -0.2) is 0 Å². The molecule has 1 heterocycles. The number of amides is 2. The molecule has 24 heavy (non-hydrogen) atoms. The maximum absolute atomic E-state index is 12.6. The van der Waals surface area contributed by atoms with Gasteiger partial charge in [0.05, 0.1) is 0 Å². The van der Waals surface area contributed by atoms with Crippen molar-refractivity contribution in [2.45, 2.75) is 57.4 Å². The van der Waals surface area contributed by atoms with Crippen molar-refractivity contribution < 1.29 is 14.7 Å². The maximum atomic E-state index is 12.6. The van der Waals surface area contributed by atoms with E-state index in [0.29, 0.717) is 30.7 Å². The monoisotopic (exact) mass is 330 g/mol. The van der Waals surface area contributed by atoms with Crippen molar-refractivity contribution in [2.75, 3.05) is 11.9 Å². The second-order valence-corrected chi connectivity index (χ2v) is 6.91. The largest absolute Gasteiger partial charge is 0.396 e. The van der Waals surface area contributed by atoms with E-state index in [1.807, 2.05) is 12.1 Å². The first-order valence-electron chi connectivity index (χ1n) is 9.02. The van der Waals surface area contributed by atoms with Crippen LogP contribution >= 0.6 is 0 Å². The number of aryl methyl sites for hydroxylation is 1. The Hall–Kier alpha value is -1.88. The summed E-state index contributed by atoms with van der Waals surface area (Å²) >= 11 is 0. The number of rotatable bonds is 5. The smallest absolute Gasteiger partial charge is 0.251 e. The summed E-state index contributed by atoms with van der Waals surface area (Å²) in [5, 5.41) is 15.3. The van der Waals surface area contributed by atoms with Gasteiger partial charge in [-0.05, 0) is 55.4 Å². The molecule has 1 aliphatic carbocycles. The molecule has 1 saturated carbocycles. The van der Waals surface area contributed by atoms with Crippen LogP contribution in [0.4, 0.5) is 5.69 Å². The van der Waals surface area contributed by atoms with Crippen molar-refractivity contribution >= 4 is 17.5 Å². The van der Waals surface area contributed by atoms with Gasteiger partial charge in [-0.15, -0.1) is 0 Å². The zero-order valence-electron chi connectivity index (χ0n) is 14.0. The zero-order valence-corrected chi connectivity index (χ0v) is 14.0. The summed E-state index contributed by atoms with van der Waals surface area (Å²) in [5.41, 5.74) is 2.45. The van der Waals surface area contributed by atoms with E-state index in [2.05, 4.69) is 10.6 Å². The summed E-state index contributed by atoms with van der Waals surface area (Å²) in [6.07, 6.45) is 7.69. The van der Waals surface area contributed by atoms with E-state index in [9.17, 15) is 14.7 Å². The Kier molecular flexibility index (Phi) is 5.51. The van der Waals surface area contributed by atoms with E-state index < -0.39 is 0 Å². The lowest BCUT2D eigenvalue weighted by Crippen LogP contribution is -2.41. The van der Waals surface area contributed by atoms with Crippen LogP contribution in [0, 0.1) is 5.92 Å². The minimum Gasteiger partial charge on any atom is -0.396 e. The number of benzene rings is 1. The Balaban J connectivity index is 1.69. The number of hydrogen-bond donors (Lipinski definition) is 3. The first-order valence-corrected chi connectivity index (χ1v) is 9.02. The highest BCUT2D eigenvalue weighted by Gasteiger charge is 2.25. The fourth-order valence-corrected chi connectivity index (χ4v) is 3.88. The molecule has 1 aromatic rings. The molecular weight excluding hydrogens is 304 g/mol. The number of hydrogen-bond acceptors (Lipinski definition) is 3. The number of fused-ring (bicyclic) bond motifs is 1. The molecule has 3 rings (SSSR count). The summed E-state index contributed by atoms with van der Waals surface area (Å²) in [7, 11) is 0. The van der Waals surface area contributed by atoms with Gasteiger partial charge in [-0.1, -0.05) is 19.3 Å². The Labute approximate surface area is 142 Å². The quantitative estimate of drug-likeness (QED) is 0.776. The number of anilines is 1. The summed E-state index contributed by atoms with van der Waals surface area (Å²) < 4.78 is 0. The molecule has 2 amide bonds. The molecule has 1 aromatic carbocycles. The molecule has 5 heteroatoms. The van der Waals surface area contributed by atoms with Gasteiger partial charge in [0.15, 0.2) is 0 Å². The molecule has 1 fully saturated rings. The lowest BCUT2D eigenvalue weighted by Gasteiger charge is -2.30. The molecule has 1 aliphatic heterocycles. The van der Waals surface area contributed by atoms with Crippen molar-refractivity contribution in [1.82, 2.24) is 5.32 Å². The molecule has 0 spiro atoms. The van der Waals surface area contributed by atoms with Crippen LogP contribution in [-0.2, 0) is 11.2 Å². The summed E-state index contributed by atoms with van der Waals surface area (Å²) in [6, 6.07) is 5.49. The third-order valence-corrected chi connectivity index (χ3v) is 5.24. The number of carbonyl (C=O) groups is 2. The molecule has 1 unspecified atom stereocenters. The van der Waals surface area contributed by atoms with Gasteiger partial charge in [-0.2, -0.15) is 0 Å². The highest BCUT2D eigenvalue weighted by atomic mass is 16.3. The van der Waals surface area contributed by atoms with Crippen LogP contribution in [0.15, 0.2) is 18.2 Å². The fraction of sp³-hybridized carbons (Fsp3) is 0.579. The van der Waals surface area contributed by atoms with Crippen LogP contribution in [0.1, 0.15) is 60.9 Å². The Morgan fingerprint density at radius 2 is 2.04 bits per heavy atom. The minimum atomic E-state index is -0.0845. The topological polar surface area (TPSA) is 78.4 Å². The summed E-state index contributed by atoms with van der Waals surface area (Å²) in [4.78, 5) is 24.1. The van der Waals surface area contributed by atoms with Crippen molar-refractivity contribution in [2.24, 2.45) is 5.92 Å². The van der Waals surface area contributed by atoms with Crippen molar-refractivity contribution in [3.63, 3.8) is 0 Å². The molecule has 2 aliphatic rings. The van der Waals surface area contributed by atoms with Crippen LogP contribution in [0.25, 0.3) is 0 Å². The lowest BCUT2D eigenvalue weighted by atomic mass is 9.82. The van der Waals surface area contributed by atoms with Gasteiger partial charge in [0, 0.05) is 30.3 Å². The molecule has 0 saturated heterocycles. The van der Waals surface area contributed by atoms with Crippen LogP contribution in [0.2, 0.25) is 0 Å². The van der Waals surface area contributed by atoms with Crippen LogP contribution < -0.4 is 10.6 Å². The van der Waals surface area contributed by atoms with E-state index in [1.54, 1.807) is 6.07 Å². The lowest BCUT2D eigenvalue weighted by molar-refractivity contribution is -0.116. The molecule has 0 radical (unpaired) electrons. The zero-order chi connectivity index (χ0) is 16.9. The molecule has 0 aromatic heterocycles. The van der Waals surface area contributed by atoms with Gasteiger partial charge in [0.1, 0.15) is 0 Å². The molecule has 0 bridgehead atoms. The predicted octanol–water partition coefficient (Wildman–Crippen LogP) is 2.63. The van der Waals surface area contributed by atoms with Gasteiger partial charge in [0.2, 0.25) is 5.91 Å². The second-order valence-electron chi connectivity index (χ2n) is 6.91. The molecular formula is C19H26N2O3. The average Bonchev–Trinajstić information content (AvgIpc) is 2.61. The van der Waals surface area contributed by atoms with Gasteiger partial charge in [0.25, 0.3) is 5.91 Å². The number of nitrogens with one attached hydrogen (secondary N) is 2. The standard InChI is InChI=1S/C19H26N2O3/c22-11-10-17(13-4-2-1-3-5-13)21-19(24)15-6-8-16-14(12-15)7-9-18(23)20-16/h6,8,12-13,17,22H,1-5,7,9-11H2,(H,20,23)(H,21,24). The van der Waals surface area contributed by atoms with Crippen LogP contribution in [0.3, 0.4) is 0 Å². The first kappa shape index (κ1) is 17.0. The van der Waals surface area contributed by atoms with E-state index in [4.69, 9.17) is 0 Å². The number of aliphatic hydroxyl groups is 1. The van der Waals surface area contributed by atoms with E-state index in [-0.39, 0.29) is 24.5 Å². The van der Waals surface area contributed by atoms with Crippen molar-refractivity contribution in [1.29, 1.82) is 0 Å². The van der Waals surface area contributed by atoms with Gasteiger partial charge >= 0.3 is 0 Å². The Morgan fingerprint density at radius 3 is 2.79 bits per heavy atom. The van der Waals surface area contributed by atoms with Crippen LogP contribution in [0.5, 0.6) is 0 Å². The summed E-state index contributed by atoms with van der Waals surface area (Å²) in [5.74, 6) is 0.408. The molecule has 130 valence electrons. The molecule has 5 nitrogen and oxygen atoms in total. The normalized spacial score (nSPS) is 19.3.